The quantitative estimate of drug-likeness (QED) is 0.422. The van der Waals surface area contributed by atoms with Crippen molar-refractivity contribution in [1.29, 1.82) is 0 Å². The van der Waals surface area contributed by atoms with E-state index < -0.39 is 0 Å². The number of nitrogens with zero attached hydrogens (tertiary/aromatic N) is 1. The van der Waals surface area contributed by atoms with Gasteiger partial charge < -0.3 is 4.74 Å². The minimum absolute atomic E-state index is 0.454. The normalized spacial score (nSPS) is 21.7. The van der Waals surface area contributed by atoms with Crippen LogP contribution < -0.4 is 0 Å². The molecule has 0 aromatic rings. The first-order valence-electron chi connectivity index (χ1n) is 10.1. The van der Waals surface area contributed by atoms with E-state index in [4.69, 9.17) is 4.74 Å². The Hall–Kier alpha value is -0.0800. The highest BCUT2D eigenvalue weighted by atomic mass is 16.5. The van der Waals surface area contributed by atoms with Crippen molar-refractivity contribution in [2.24, 2.45) is 0 Å². The minimum Gasteiger partial charge on any atom is -0.377 e. The Morgan fingerprint density at radius 1 is 0.864 bits per heavy atom. The Morgan fingerprint density at radius 2 is 1.45 bits per heavy atom. The van der Waals surface area contributed by atoms with Crippen LogP contribution in [-0.4, -0.2) is 36.7 Å². The highest BCUT2D eigenvalue weighted by Gasteiger charge is 2.21. The predicted molar refractivity (Wildman–Crippen MR) is 97.5 cm³/mol. The van der Waals surface area contributed by atoms with Gasteiger partial charge in [-0.25, -0.2) is 0 Å². The van der Waals surface area contributed by atoms with Gasteiger partial charge in [0.2, 0.25) is 0 Å². The molecule has 2 heteroatoms. The molecule has 1 aliphatic rings. The van der Waals surface area contributed by atoms with E-state index in [0.29, 0.717) is 6.10 Å². The molecule has 1 heterocycles. The number of hydrogen-bond donors (Lipinski definition) is 0. The molecule has 0 aromatic carbocycles. The first-order valence-corrected chi connectivity index (χ1v) is 10.1. The summed E-state index contributed by atoms with van der Waals surface area (Å²) >= 11 is 0. The summed E-state index contributed by atoms with van der Waals surface area (Å²) in [5, 5.41) is 0. The highest BCUT2D eigenvalue weighted by molar-refractivity contribution is 4.75. The van der Waals surface area contributed by atoms with Gasteiger partial charge in [-0.05, 0) is 26.2 Å². The standard InChI is InChI=1S/C20H41NO/c1-4-6-8-10-12-14-20(13-11-9-7-5-2)21-16-15-19(3)22-18-17-21/h19-20H,4-18H2,1-3H3. The molecule has 0 bridgehead atoms. The van der Waals surface area contributed by atoms with Crippen LogP contribution in [0.25, 0.3) is 0 Å². The van der Waals surface area contributed by atoms with Crippen molar-refractivity contribution in [2.45, 2.75) is 110 Å². The van der Waals surface area contributed by atoms with Crippen molar-refractivity contribution in [3.63, 3.8) is 0 Å². The Kier molecular flexibility index (Phi) is 12.1. The molecule has 0 aromatic heterocycles. The summed E-state index contributed by atoms with van der Waals surface area (Å²) in [6.07, 6.45) is 17.1. The van der Waals surface area contributed by atoms with Crippen molar-refractivity contribution in [3.05, 3.63) is 0 Å². The lowest BCUT2D eigenvalue weighted by atomic mass is 9.99. The summed E-state index contributed by atoms with van der Waals surface area (Å²) in [5.41, 5.74) is 0. The summed E-state index contributed by atoms with van der Waals surface area (Å²) < 4.78 is 5.84. The van der Waals surface area contributed by atoms with Crippen LogP contribution in [0.4, 0.5) is 0 Å². The van der Waals surface area contributed by atoms with Crippen LogP contribution in [0.1, 0.15) is 97.8 Å². The maximum Gasteiger partial charge on any atom is 0.0597 e. The van der Waals surface area contributed by atoms with Gasteiger partial charge in [-0.2, -0.15) is 0 Å². The maximum absolute atomic E-state index is 5.84. The largest absolute Gasteiger partial charge is 0.377 e. The summed E-state index contributed by atoms with van der Waals surface area (Å²) in [7, 11) is 0. The van der Waals surface area contributed by atoms with Gasteiger partial charge in [0.1, 0.15) is 0 Å². The van der Waals surface area contributed by atoms with Gasteiger partial charge >= 0.3 is 0 Å². The molecule has 0 saturated carbocycles. The smallest absolute Gasteiger partial charge is 0.0597 e. The van der Waals surface area contributed by atoms with Gasteiger partial charge in [-0.15, -0.1) is 0 Å². The molecule has 0 radical (unpaired) electrons. The average Bonchev–Trinajstić information content (AvgIpc) is 2.74. The summed E-state index contributed by atoms with van der Waals surface area (Å²) in [6.45, 7) is 10.2. The molecule has 2 unspecified atom stereocenters. The SMILES string of the molecule is CCCCCCCC(CCCCCC)N1CCOC(C)CC1. The summed E-state index contributed by atoms with van der Waals surface area (Å²) in [4.78, 5) is 2.75. The molecule has 0 N–H and O–H groups in total. The van der Waals surface area contributed by atoms with Crippen LogP contribution >= 0.6 is 0 Å². The Morgan fingerprint density at radius 3 is 2.09 bits per heavy atom. The van der Waals surface area contributed by atoms with Crippen LogP contribution in [0.15, 0.2) is 0 Å². The Balaban J connectivity index is 2.34. The molecule has 132 valence electrons. The molecule has 2 nitrogen and oxygen atoms in total. The molecule has 0 spiro atoms. The fourth-order valence-corrected chi connectivity index (χ4v) is 3.58. The van der Waals surface area contributed by atoms with E-state index in [1.807, 2.05) is 0 Å². The van der Waals surface area contributed by atoms with Gasteiger partial charge in [-0.3, -0.25) is 4.90 Å². The van der Waals surface area contributed by atoms with Crippen molar-refractivity contribution in [3.8, 4) is 0 Å². The van der Waals surface area contributed by atoms with E-state index in [2.05, 4.69) is 25.7 Å². The van der Waals surface area contributed by atoms with Gasteiger partial charge in [0.25, 0.3) is 0 Å². The van der Waals surface area contributed by atoms with E-state index >= 15 is 0 Å². The van der Waals surface area contributed by atoms with E-state index in [-0.39, 0.29) is 0 Å². The number of hydrogen-bond acceptors (Lipinski definition) is 2. The van der Waals surface area contributed by atoms with E-state index in [1.54, 1.807) is 0 Å². The average molecular weight is 312 g/mol. The number of ether oxygens (including phenoxy) is 1. The fourth-order valence-electron chi connectivity index (χ4n) is 3.58. The first kappa shape index (κ1) is 20.0. The van der Waals surface area contributed by atoms with Crippen molar-refractivity contribution in [1.82, 2.24) is 4.90 Å². The monoisotopic (exact) mass is 311 g/mol. The van der Waals surface area contributed by atoms with Gasteiger partial charge in [0, 0.05) is 19.1 Å². The molecular formula is C20H41NO. The molecule has 0 amide bonds. The first-order chi connectivity index (χ1) is 10.8. The molecule has 22 heavy (non-hydrogen) atoms. The minimum atomic E-state index is 0.454. The van der Waals surface area contributed by atoms with Gasteiger partial charge in [-0.1, -0.05) is 71.6 Å². The maximum atomic E-state index is 5.84. The van der Waals surface area contributed by atoms with Crippen LogP contribution in [-0.2, 0) is 4.74 Å². The highest BCUT2D eigenvalue weighted by Crippen LogP contribution is 2.20. The molecule has 1 aliphatic heterocycles. The van der Waals surface area contributed by atoms with Crippen molar-refractivity contribution >= 4 is 0 Å². The van der Waals surface area contributed by atoms with Crippen LogP contribution in [0, 0.1) is 0 Å². The molecule has 1 rings (SSSR count). The van der Waals surface area contributed by atoms with Crippen LogP contribution in [0.5, 0.6) is 0 Å². The Labute approximate surface area is 140 Å². The second-order valence-corrected chi connectivity index (χ2v) is 7.21. The second kappa shape index (κ2) is 13.4. The van der Waals surface area contributed by atoms with E-state index in [9.17, 15) is 0 Å². The fraction of sp³-hybridized carbons (Fsp3) is 1.00. The molecule has 0 aliphatic carbocycles. The molecular weight excluding hydrogens is 270 g/mol. The third kappa shape index (κ3) is 9.15. The summed E-state index contributed by atoms with van der Waals surface area (Å²) in [6, 6.07) is 0.812. The topological polar surface area (TPSA) is 12.5 Å². The van der Waals surface area contributed by atoms with Crippen molar-refractivity contribution < 1.29 is 4.74 Å². The lowest BCUT2D eigenvalue weighted by molar-refractivity contribution is 0.0720. The molecule has 1 fully saturated rings. The number of unbranched alkanes of at least 4 members (excludes halogenated alkanes) is 7. The third-order valence-electron chi connectivity index (χ3n) is 5.15. The zero-order valence-electron chi connectivity index (χ0n) is 15.6. The Bertz CT molecular complexity index is 244. The van der Waals surface area contributed by atoms with Crippen LogP contribution in [0.3, 0.4) is 0 Å². The third-order valence-corrected chi connectivity index (χ3v) is 5.15. The van der Waals surface area contributed by atoms with Crippen molar-refractivity contribution in [2.75, 3.05) is 19.7 Å². The lowest BCUT2D eigenvalue weighted by Gasteiger charge is -2.30. The summed E-state index contributed by atoms with van der Waals surface area (Å²) in [5.74, 6) is 0. The second-order valence-electron chi connectivity index (χ2n) is 7.21. The van der Waals surface area contributed by atoms with E-state index in [0.717, 1.165) is 19.2 Å². The van der Waals surface area contributed by atoms with Gasteiger partial charge in [0.05, 0.1) is 12.7 Å². The van der Waals surface area contributed by atoms with Crippen LogP contribution in [0.2, 0.25) is 0 Å². The zero-order chi connectivity index (χ0) is 16.0. The predicted octanol–water partition coefficient (Wildman–Crippen LogP) is 5.80. The lowest BCUT2D eigenvalue weighted by Crippen LogP contribution is -2.37. The van der Waals surface area contributed by atoms with E-state index in [1.165, 1.54) is 83.6 Å². The van der Waals surface area contributed by atoms with Gasteiger partial charge in [0.15, 0.2) is 0 Å². The molecule has 2 atom stereocenters. The zero-order valence-corrected chi connectivity index (χ0v) is 15.6. The number of rotatable bonds is 12. The molecule has 1 saturated heterocycles.